The van der Waals surface area contributed by atoms with Crippen molar-refractivity contribution in [2.75, 3.05) is 13.7 Å². The fourth-order valence-electron chi connectivity index (χ4n) is 1.31. The van der Waals surface area contributed by atoms with Crippen LogP contribution in [0.3, 0.4) is 0 Å². The minimum Gasteiger partial charge on any atom is -0.490 e. The molecule has 0 aliphatic carbocycles. The van der Waals surface area contributed by atoms with Gasteiger partial charge in [-0.05, 0) is 19.1 Å². The monoisotopic (exact) mass is 319 g/mol. The van der Waals surface area contributed by atoms with Crippen LogP contribution < -0.4 is 15.0 Å². The number of nitrogens with one attached hydrogen (secondary N) is 2. The van der Waals surface area contributed by atoms with Gasteiger partial charge in [0.1, 0.15) is 0 Å². The van der Waals surface area contributed by atoms with E-state index in [2.05, 4.69) is 4.74 Å². The van der Waals surface area contributed by atoms with E-state index in [0.29, 0.717) is 0 Å². The second-order valence-corrected chi connectivity index (χ2v) is 5.22. The average Bonchev–Trinajstić information content (AvgIpc) is 2.44. The topological polar surface area (TPSA) is 137 Å². The number of hydrazine groups is 1. The first-order valence-electron chi connectivity index (χ1n) is 5.58. The van der Waals surface area contributed by atoms with E-state index in [1.165, 1.54) is 7.11 Å². The lowest BCUT2D eigenvalue weighted by Crippen LogP contribution is -2.41. The highest BCUT2D eigenvalue weighted by Gasteiger charge is 2.22. The Kier molecular flexibility index (Phi) is 5.44. The van der Waals surface area contributed by atoms with Crippen LogP contribution in [0.5, 0.6) is 5.75 Å². The highest BCUT2D eigenvalue weighted by molar-refractivity contribution is 7.89. The van der Waals surface area contributed by atoms with Gasteiger partial charge in [0.25, 0.3) is 10.0 Å². The minimum atomic E-state index is -4.18. The number of ether oxygens (including phenoxy) is 2. The van der Waals surface area contributed by atoms with Gasteiger partial charge in [0.2, 0.25) is 0 Å². The summed E-state index contributed by atoms with van der Waals surface area (Å²) in [6, 6.07) is 3.05. The van der Waals surface area contributed by atoms with Gasteiger partial charge >= 0.3 is 11.8 Å². The zero-order valence-corrected chi connectivity index (χ0v) is 12.0. The van der Waals surface area contributed by atoms with Crippen LogP contribution in [0.25, 0.3) is 0 Å². The number of hydrogen-bond acceptors (Lipinski definition) is 7. The molecule has 0 bridgehead atoms. The summed E-state index contributed by atoms with van der Waals surface area (Å²) < 4.78 is 33.0. The van der Waals surface area contributed by atoms with Crippen molar-refractivity contribution >= 4 is 21.8 Å². The predicted molar refractivity (Wildman–Crippen MR) is 70.1 cm³/mol. The van der Waals surface area contributed by atoms with Gasteiger partial charge in [-0.25, -0.2) is 18.6 Å². The SMILES string of the molecule is CCOC(=O)NNS(=O)(=O)c1ccc(OC)c([N+](=O)[O-])c1. The molecular weight excluding hydrogens is 306 g/mol. The van der Waals surface area contributed by atoms with Gasteiger partial charge in [-0.2, -0.15) is 0 Å². The molecule has 1 rings (SSSR count). The Morgan fingerprint density at radius 3 is 2.62 bits per heavy atom. The Labute approximate surface area is 120 Å². The van der Waals surface area contributed by atoms with Crippen molar-refractivity contribution in [3.05, 3.63) is 28.3 Å². The lowest BCUT2D eigenvalue weighted by Gasteiger charge is -2.09. The van der Waals surface area contributed by atoms with Gasteiger partial charge in [0.15, 0.2) is 5.75 Å². The van der Waals surface area contributed by atoms with E-state index in [1.54, 1.807) is 17.2 Å². The summed E-state index contributed by atoms with van der Waals surface area (Å²) in [6.07, 6.45) is -0.996. The molecule has 0 spiro atoms. The zero-order chi connectivity index (χ0) is 16.0. The standard InChI is InChI=1S/C10H13N3O7S/c1-3-20-10(14)11-12-21(17,18)7-4-5-9(19-2)8(6-7)13(15)16/h4-6,12H,3H2,1-2H3,(H,11,14). The Balaban J connectivity index is 3.01. The number of nitro groups is 1. The average molecular weight is 319 g/mol. The van der Waals surface area contributed by atoms with Crippen molar-refractivity contribution in [2.24, 2.45) is 0 Å². The maximum Gasteiger partial charge on any atom is 0.422 e. The van der Waals surface area contributed by atoms with Crippen molar-refractivity contribution in [1.82, 2.24) is 10.3 Å². The maximum absolute atomic E-state index is 11.9. The quantitative estimate of drug-likeness (QED) is 0.576. The molecule has 0 aliphatic rings. The molecule has 0 aliphatic heterocycles. The molecule has 1 aromatic carbocycles. The lowest BCUT2D eigenvalue weighted by molar-refractivity contribution is -0.386. The number of benzene rings is 1. The molecule has 116 valence electrons. The van der Waals surface area contributed by atoms with Gasteiger partial charge in [-0.15, -0.1) is 4.83 Å². The van der Waals surface area contributed by atoms with Crippen molar-refractivity contribution in [2.45, 2.75) is 11.8 Å². The van der Waals surface area contributed by atoms with Crippen LogP contribution in [0.1, 0.15) is 6.92 Å². The molecular formula is C10H13N3O7S. The van der Waals surface area contributed by atoms with Gasteiger partial charge in [0.05, 0.1) is 23.5 Å². The van der Waals surface area contributed by atoms with Gasteiger partial charge in [-0.3, -0.25) is 10.1 Å². The molecule has 0 atom stereocenters. The largest absolute Gasteiger partial charge is 0.490 e. The zero-order valence-electron chi connectivity index (χ0n) is 11.2. The molecule has 11 heteroatoms. The van der Waals surface area contributed by atoms with Crippen molar-refractivity contribution < 1.29 is 27.6 Å². The molecule has 0 heterocycles. The normalized spacial score (nSPS) is 10.8. The van der Waals surface area contributed by atoms with Crippen molar-refractivity contribution in [3.8, 4) is 5.75 Å². The van der Waals surface area contributed by atoms with E-state index in [4.69, 9.17) is 4.74 Å². The number of hydrogen-bond donors (Lipinski definition) is 2. The summed E-state index contributed by atoms with van der Waals surface area (Å²) in [5.41, 5.74) is 1.28. The molecule has 10 nitrogen and oxygen atoms in total. The van der Waals surface area contributed by atoms with Crippen molar-refractivity contribution in [3.63, 3.8) is 0 Å². The van der Waals surface area contributed by atoms with Crippen molar-refractivity contribution in [1.29, 1.82) is 0 Å². The molecule has 0 saturated heterocycles. The molecule has 0 aromatic heterocycles. The van der Waals surface area contributed by atoms with Gasteiger partial charge in [-0.1, -0.05) is 0 Å². The Morgan fingerprint density at radius 1 is 1.43 bits per heavy atom. The number of sulfonamides is 1. The summed E-state index contributed by atoms with van der Waals surface area (Å²) in [5.74, 6) is -0.0858. The number of nitrogens with zero attached hydrogens (tertiary/aromatic N) is 1. The number of carbonyl (C=O) groups is 1. The van der Waals surface area contributed by atoms with E-state index >= 15 is 0 Å². The van der Waals surface area contributed by atoms with Crippen LogP contribution in [0.15, 0.2) is 23.1 Å². The minimum absolute atomic E-state index is 0.0571. The molecule has 0 radical (unpaired) electrons. The Morgan fingerprint density at radius 2 is 2.10 bits per heavy atom. The fraction of sp³-hybridized carbons (Fsp3) is 0.300. The number of rotatable bonds is 6. The van der Waals surface area contributed by atoms with Gasteiger partial charge < -0.3 is 9.47 Å². The second-order valence-electron chi connectivity index (χ2n) is 3.54. The third-order valence-corrected chi connectivity index (χ3v) is 3.47. The molecule has 21 heavy (non-hydrogen) atoms. The summed E-state index contributed by atoms with van der Waals surface area (Å²) in [5, 5.41) is 10.8. The number of nitro benzene ring substituents is 1. The second kappa shape index (κ2) is 6.85. The highest BCUT2D eigenvalue weighted by atomic mass is 32.2. The summed E-state index contributed by atoms with van der Waals surface area (Å²) in [7, 11) is -2.96. The third kappa shape index (κ3) is 4.29. The third-order valence-electron chi connectivity index (χ3n) is 2.22. The molecule has 1 amide bonds. The summed E-state index contributed by atoms with van der Waals surface area (Å²) in [4.78, 5) is 22.4. The number of amides is 1. The summed E-state index contributed by atoms with van der Waals surface area (Å²) in [6.45, 7) is 1.60. The molecule has 0 saturated carbocycles. The van der Waals surface area contributed by atoms with Crippen LogP contribution in [-0.2, 0) is 14.8 Å². The lowest BCUT2D eigenvalue weighted by atomic mass is 10.3. The van der Waals surface area contributed by atoms with Crippen LogP contribution >= 0.6 is 0 Å². The fourth-order valence-corrected chi connectivity index (χ4v) is 2.16. The molecule has 1 aromatic rings. The smallest absolute Gasteiger partial charge is 0.422 e. The predicted octanol–water partition coefficient (Wildman–Crippen LogP) is 0.543. The number of carbonyl (C=O) groups excluding carboxylic acids is 1. The first-order chi connectivity index (χ1) is 9.81. The summed E-state index contributed by atoms with van der Waals surface area (Å²) >= 11 is 0. The van der Waals surface area contributed by atoms with Crippen LogP contribution in [0, 0.1) is 10.1 Å². The van der Waals surface area contributed by atoms with E-state index in [-0.39, 0.29) is 12.4 Å². The van der Waals surface area contributed by atoms with Gasteiger partial charge in [0, 0.05) is 6.07 Å². The van der Waals surface area contributed by atoms with Crippen LogP contribution in [-0.4, -0.2) is 33.2 Å². The first kappa shape index (κ1) is 16.7. The van der Waals surface area contributed by atoms with E-state index in [9.17, 15) is 23.3 Å². The van der Waals surface area contributed by atoms with E-state index < -0.39 is 31.6 Å². The highest BCUT2D eigenvalue weighted by Crippen LogP contribution is 2.29. The molecule has 0 unspecified atom stereocenters. The maximum atomic E-state index is 11.9. The first-order valence-corrected chi connectivity index (χ1v) is 7.07. The van der Waals surface area contributed by atoms with E-state index in [0.717, 1.165) is 18.2 Å². The van der Waals surface area contributed by atoms with E-state index in [1.807, 2.05) is 0 Å². The number of methoxy groups -OCH3 is 1. The van der Waals surface area contributed by atoms with Crippen LogP contribution in [0.2, 0.25) is 0 Å². The Bertz CT molecular complexity index is 644. The molecule has 0 fully saturated rings. The van der Waals surface area contributed by atoms with Crippen LogP contribution in [0.4, 0.5) is 10.5 Å². The molecule has 2 N–H and O–H groups in total. The Hall–Kier alpha value is -2.40.